The third-order valence-electron chi connectivity index (χ3n) is 3.94. The molecule has 0 atom stereocenters. The molecule has 2 amide bonds. The van der Waals surface area contributed by atoms with E-state index >= 15 is 0 Å². The van der Waals surface area contributed by atoms with Crippen molar-refractivity contribution in [1.29, 1.82) is 0 Å². The van der Waals surface area contributed by atoms with Crippen LogP contribution in [0.2, 0.25) is 0 Å². The van der Waals surface area contributed by atoms with E-state index in [1.807, 2.05) is 0 Å². The van der Waals surface area contributed by atoms with Crippen molar-refractivity contribution >= 4 is 11.7 Å². The van der Waals surface area contributed by atoms with Gasteiger partial charge < -0.3 is 20.7 Å². The average molecular weight is 323 g/mol. The molecule has 1 aromatic rings. The van der Waals surface area contributed by atoms with Gasteiger partial charge >= 0.3 is 6.03 Å². The van der Waals surface area contributed by atoms with Crippen LogP contribution < -0.4 is 16.0 Å². The van der Waals surface area contributed by atoms with Gasteiger partial charge in [0.25, 0.3) is 0 Å². The molecule has 0 spiro atoms. The highest BCUT2D eigenvalue weighted by molar-refractivity contribution is 5.89. The summed E-state index contributed by atoms with van der Waals surface area (Å²) in [5.74, 6) is 0. The van der Waals surface area contributed by atoms with Crippen molar-refractivity contribution in [2.75, 3.05) is 19.0 Å². The third kappa shape index (κ3) is 5.51. The van der Waals surface area contributed by atoms with Crippen molar-refractivity contribution in [3.8, 4) is 0 Å². The Kier molecular flexibility index (Phi) is 5.31. The fourth-order valence-corrected chi connectivity index (χ4v) is 3.51. The van der Waals surface area contributed by atoms with Gasteiger partial charge in [-0.15, -0.1) is 0 Å². The van der Waals surface area contributed by atoms with E-state index in [2.05, 4.69) is 48.7 Å². The van der Waals surface area contributed by atoms with Gasteiger partial charge in [-0.2, -0.15) is 5.10 Å². The maximum Gasteiger partial charge on any atom is 0.319 e. The maximum atomic E-state index is 12.2. The van der Waals surface area contributed by atoms with Gasteiger partial charge in [-0.3, -0.25) is 4.68 Å². The first kappa shape index (κ1) is 17.7. The third-order valence-corrected chi connectivity index (χ3v) is 3.94. The van der Waals surface area contributed by atoms with Crippen LogP contribution in [0.25, 0.3) is 0 Å². The molecule has 0 unspecified atom stereocenters. The number of methoxy groups -OCH3 is 1. The Bertz CT molecular complexity index is 522. The van der Waals surface area contributed by atoms with E-state index in [-0.39, 0.29) is 23.2 Å². The first-order chi connectivity index (χ1) is 10.7. The van der Waals surface area contributed by atoms with Crippen LogP contribution in [0.15, 0.2) is 12.4 Å². The van der Waals surface area contributed by atoms with Crippen LogP contribution in [0.3, 0.4) is 0 Å². The van der Waals surface area contributed by atoms with Crippen LogP contribution in [0, 0.1) is 0 Å². The van der Waals surface area contributed by atoms with Crippen LogP contribution >= 0.6 is 0 Å². The van der Waals surface area contributed by atoms with E-state index in [9.17, 15) is 4.79 Å². The molecule has 0 saturated carbocycles. The maximum absolute atomic E-state index is 12.2. The van der Waals surface area contributed by atoms with Crippen molar-refractivity contribution < 1.29 is 9.53 Å². The minimum atomic E-state index is -0.185. The summed E-state index contributed by atoms with van der Waals surface area (Å²) in [6.45, 7) is 9.92. The van der Waals surface area contributed by atoms with Crippen molar-refractivity contribution in [3.05, 3.63) is 12.4 Å². The average Bonchev–Trinajstić information content (AvgIpc) is 2.79. The number of carbonyl (C=O) groups excluding carboxylic acids is 1. The van der Waals surface area contributed by atoms with E-state index in [1.54, 1.807) is 24.2 Å². The summed E-state index contributed by atoms with van der Waals surface area (Å²) in [7, 11) is 1.65. The number of anilines is 1. The molecular formula is C16H29N5O2. The SMILES string of the molecule is COCCn1cc(NC(=O)NC2CC(C)(C)NC(C)(C)C2)cn1. The zero-order valence-electron chi connectivity index (χ0n) is 14.8. The van der Waals surface area contributed by atoms with Crippen LogP contribution in [0.5, 0.6) is 0 Å². The van der Waals surface area contributed by atoms with E-state index < -0.39 is 0 Å². The Morgan fingerprint density at radius 3 is 2.65 bits per heavy atom. The van der Waals surface area contributed by atoms with Crippen LogP contribution in [0.1, 0.15) is 40.5 Å². The molecule has 0 aliphatic carbocycles. The number of aromatic nitrogens is 2. The number of nitrogens with zero attached hydrogens (tertiary/aromatic N) is 2. The van der Waals surface area contributed by atoms with E-state index in [1.165, 1.54) is 0 Å². The van der Waals surface area contributed by atoms with Crippen molar-refractivity contribution in [1.82, 2.24) is 20.4 Å². The number of hydrogen-bond acceptors (Lipinski definition) is 4. The molecule has 2 heterocycles. The number of amides is 2. The molecule has 1 saturated heterocycles. The van der Waals surface area contributed by atoms with Crippen LogP contribution in [-0.4, -0.2) is 46.6 Å². The Morgan fingerprint density at radius 1 is 1.39 bits per heavy atom. The molecular weight excluding hydrogens is 294 g/mol. The van der Waals surface area contributed by atoms with Crippen LogP contribution in [-0.2, 0) is 11.3 Å². The van der Waals surface area contributed by atoms with Gasteiger partial charge in [0.2, 0.25) is 0 Å². The van der Waals surface area contributed by atoms with E-state index in [0.29, 0.717) is 18.8 Å². The number of piperidine rings is 1. The fraction of sp³-hybridized carbons (Fsp3) is 0.750. The topological polar surface area (TPSA) is 80.2 Å². The summed E-state index contributed by atoms with van der Waals surface area (Å²) in [6.07, 6.45) is 5.24. The fourth-order valence-electron chi connectivity index (χ4n) is 3.51. The predicted molar refractivity (Wildman–Crippen MR) is 90.6 cm³/mol. The largest absolute Gasteiger partial charge is 0.383 e. The Balaban J connectivity index is 1.88. The lowest BCUT2D eigenvalue weighted by Crippen LogP contribution is -2.62. The van der Waals surface area contributed by atoms with Crippen molar-refractivity contribution in [2.45, 2.75) is 64.2 Å². The minimum absolute atomic E-state index is 0.00470. The molecule has 7 heteroatoms. The Morgan fingerprint density at radius 2 is 2.04 bits per heavy atom. The summed E-state index contributed by atoms with van der Waals surface area (Å²) in [4.78, 5) is 12.2. The van der Waals surface area contributed by atoms with Crippen molar-refractivity contribution in [3.63, 3.8) is 0 Å². The first-order valence-electron chi connectivity index (χ1n) is 8.07. The lowest BCUT2D eigenvalue weighted by Gasteiger charge is -2.46. The quantitative estimate of drug-likeness (QED) is 0.774. The molecule has 23 heavy (non-hydrogen) atoms. The molecule has 0 aromatic carbocycles. The summed E-state index contributed by atoms with van der Waals surface area (Å²) in [5.41, 5.74) is 0.696. The molecule has 2 rings (SSSR count). The number of urea groups is 1. The Labute approximate surface area is 138 Å². The molecule has 0 radical (unpaired) electrons. The molecule has 1 aliphatic rings. The molecule has 0 bridgehead atoms. The minimum Gasteiger partial charge on any atom is -0.383 e. The number of nitrogens with one attached hydrogen (secondary N) is 3. The second-order valence-corrected chi connectivity index (χ2v) is 7.58. The molecule has 1 aliphatic heterocycles. The molecule has 1 fully saturated rings. The van der Waals surface area contributed by atoms with E-state index in [4.69, 9.17) is 4.74 Å². The van der Waals surface area contributed by atoms with Crippen molar-refractivity contribution in [2.24, 2.45) is 0 Å². The highest BCUT2D eigenvalue weighted by Gasteiger charge is 2.38. The molecule has 130 valence electrons. The van der Waals surface area contributed by atoms with E-state index in [0.717, 1.165) is 12.8 Å². The number of ether oxygens (including phenoxy) is 1. The Hall–Kier alpha value is -1.60. The zero-order valence-corrected chi connectivity index (χ0v) is 14.8. The molecule has 1 aromatic heterocycles. The number of rotatable bonds is 5. The standard InChI is InChI=1S/C16H29N5O2/c1-15(2)8-12(9-16(3,4)20-15)18-14(22)19-13-10-17-21(11-13)6-7-23-5/h10-12,20H,6-9H2,1-5H3,(H2,18,19,22). The van der Waals surface area contributed by atoms with Gasteiger partial charge in [0.15, 0.2) is 0 Å². The predicted octanol–water partition coefficient (Wildman–Crippen LogP) is 1.96. The first-order valence-corrected chi connectivity index (χ1v) is 8.07. The zero-order chi connectivity index (χ0) is 17.1. The summed E-state index contributed by atoms with van der Waals surface area (Å²) < 4.78 is 6.76. The van der Waals surface area contributed by atoms with Gasteiger partial charge in [0.05, 0.1) is 25.0 Å². The number of hydrogen-bond donors (Lipinski definition) is 3. The number of carbonyl (C=O) groups is 1. The van der Waals surface area contributed by atoms with Crippen LogP contribution in [0.4, 0.5) is 10.5 Å². The summed E-state index contributed by atoms with van der Waals surface area (Å²) in [6, 6.07) is -0.0421. The highest BCUT2D eigenvalue weighted by atomic mass is 16.5. The second-order valence-electron chi connectivity index (χ2n) is 7.58. The van der Waals surface area contributed by atoms with Gasteiger partial charge in [-0.1, -0.05) is 0 Å². The van der Waals surface area contributed by atoms with Gasteiger partial charge in [0, 0.05) is 30.4 Å². The lowest BCUT2D eigenvalue weighted by atomic mass is 9.80. The summed E-state index contributed by atoms with van der Waals surface area (Å²) >= 11 is 0. The molecule has 7 nitrogen and oxygen atoms in total. The second kappa shape index (κ2) is 6.88. The van der Waals surface area contributed by atoms with Gasteiger partial charge in [0.1, 0.15) is 0 Å². The van der Waals surface area contributed by atoms with Gasteiger partial charge in [-0.05, 0) is 40.5 Å². The monoisotopic (exact) mass is 323 g/mol. The normalized spacial score (nSPS) is 20.2. The smallest absolute Gasteiger partial charge is 0.319 e. The molecule has 3 N–H and O–H groups in total. The van der Waals surface area contributed by atoms with Gasteiger partial charge in [-0.25, -0.2) is 4.79 Å². The summed E-state index contributed by atoms with van der Waals surface area (Å²) in [5, 5.41) is 13.7. The highest BCUT2D eigenvalue weighted by Crippen LogP contribution is 2.28. The lowest BCUT2D eigenvalue weighted by molar-refractivity contribution is 0.149.